The lowest BCUT2D eigenvalue weighted by Crippen LogP contribution is -2.37. The van der Waals surface area contributed by atoms with Crippen LogP contribution in [0.15, 0.2) is 35.1 Å². The fourth-order valence-corrected chi connectivity index (χ4v) is 4.16. The summed E-state index contributed by atoms with van der Waals surface area (Å²) in [4.78, 5) is 27.4. The SMILES string of the molecule is Cc1cncn(CC2CCN(c3ncnc4ccsc34)CC2)c1=O. The largest absolute Gasteiger partial charge is 0.355 e. The summed E-state index contributed by atoms with van der Waals surface area (Å²) >= 11 is 1.69. The molecule has 1 saturated heterocycles. The minimum Gasteiger partial charge on any atom is -0.355 e. The van der Waals surface area contributed by atoms with Crippen LogP contribution >= 0.6 is 11.3 Å². The molecule has 0 saturated carbocycles. The molecule has 0 amide bonds. The third kappa shape index (κ3) is 2.80. The molecule has 0 spiro atoms. The van der Waals surface area contributed by atoms with Gasteiger partial charge >= 0.3 is 0 Å². The Hall–Kier alpha value is -2.28. The van der Waals surface area contributed by atoms with Crippen LogP contribution in [0, 0.1) is 12.8 Å². The van der Waals surface area contributed by atoms with Crippen LogP contribution in [0.4, 0.5) is 5.82 Å². The Morgan fingerprint density at radius 3 is 2.96 bits per heavy atom. The summed E-state index contributed by atoms with van der Waals surface area (Å²) in [7, 11) is 0. The van der Waals surface area contributed by atoms with Crippen molar-refractivity contribution < 1.29 is 0 Å². The minimum absolute atomic E-state index is 0.0727. The first-order valence-corrected chi connectivity index (χ1v) is 9.04. The molecule has 0 N–H and O–H groups in total. The molecule has 7 heteroatoms. The van der Waals surface area contributed by atoms with Gasteiger partial charge in [-0.15, -0.1) is 11.3 Å². The maximum Gasteiger partial charge on any atom is 0.256 e. The highest BCUT2D eigenvalue weighted by Gasteiger charge is 2.22. The fraction of sp³-hybridized carbons (Fsp3) is 0.412. The molecule has 0 radical (unpaired) electrons. The highest BCUT2D eigenvalue weighted by atomic mass is 32.1. The molecule has 0 atom stereocenters. The van der Waals surface area contributed by atoms with Crippen molar-refractivity contribution in [2.45, 2.75) is 26.3 Å². The lowest BCUT2D eigenvalue weighted by Gasteiger charge is -2.33. The minimum atomic E-state index is 0.0727. The fourth-order valence-electron chi connectivity index (χ4n) is 3.30. The Balaban J connectivity index is 1.46. The molecular formula is C17H19N5OS. The zero-order valence-electron chi connectivity index (χ0n) is 13.6. The summed E-state index contributed by atoms with van der Waals surface area (Å²) in [5.74, 6) is 1.55. The Morgan fingerprint density at radius 1 is 1.29 bits per heavy atom. The number of hydrogen-bond acceptors (Lipinski definition) is 6. The average Bonchev–Trinajstić information content (AvgIpc) is 3.08. The highest BCUT2D eigenvalue weighted by Crippen LogP contribution is 2.30. The topological polar surface area (TPSA) is 63.9 Å². The molecule has 1 aliphatic heterocycles. The predicted octanol–water partition coefficient (Wildman–Crippen LogP) is 2.47. The van der Waals surface area contributed by atoms with E-state index in [1.165, 1.54) is 0 Å². The third-order valence-electron chi connectivity index (χ3n) is 4.67. The molecule has 1 fully saturated rings. The van der Waals surface area contributed by atoms with Crippen LogP contribution in [0.1, 0.15) is 18.4 Å². The van der Waals surface area contributed by atoms with E-state index in [2.05, 4.69) is 25.2 Å². The molecule has 3 aromatic rings. The summed E-state index contributed by atoms with van der Waals surface area (Å²) in [5, 5.41) is 2.06. The number of aryl methyl sites for hydroxylation is 1. The summed E-state index contributed by atoms with van der Waals surface area (Å²) in [5.41, 5.74) is 1.80. The van der Waals surface area contributed by atoms with E-state index < -0.39 is 0 Å². The number of aromatic nitrogens is 4. The van der Waals surface area contributed by atoms with Crippen LogP contribution in [0.5, 0.6) is 0 Å². The van der Waals surface area contributed by atoms with E-state index in [0.29, 0.717) is 11.5 Å². The van der Waals surface area contributed by atoms with Crippen molar-refractivity contribution in [1.29, 1.82) is 0 Å². The van der Waals surface area contributed by atoms with Crippen molar-refractivity contribution in [1.82, 2.24) is 19.5 Å². The Bertz CT molecular complexity index is 910. The molecule has 124 valence electrons. The van der Waals surface area contributed by atoms with Gasteiger partial charge in [-0.25, -0.2) is 15.0 Å². The number of rotatable bonds is 3. The molecule has 0 unspecified atom stereocenters. The maximum absolute atomic E-state index is 12.1. The van der Waals surface area contributed by atoms with E-state index in [4.69, 9.17) is 0 Å². The number of thiophene rings is 1. The first-order chi connectivity index (χ1) is 11.7. The van der Waals surface area contributed by atoms with Gasteiger partial charge in [-0.1, -0.05) is 0 Å². The van der Waals surface area contributed by atoms with Crippen LogP contribution in [0.25, 0.3) is 10.2 Å². The zero-order chi connectivity index (χ0) is 16.5. The molecule has 4 rings (SSSR count). The quantitative estimate of drug-likeness (QED) is 0.732. The Labute approximate surface area is 143 Å². The standard InChI is InChI=1S/C17H19N5OS/c1-12-8-18-11-22(17(12)23)9-13-2-5-21(6-3-13)16-15-14(4-7-24-15)19-10-20-16/h4,7-8,10-11,13H,2-3,5-6,9H2,1H3. The number of piperidine rings is 1. The molecule has 1 aliphatic rings. The first-order valence-electron chi connectivity index (χ1n) is 8.16. The van der Waals surface area contributed by atoms with E-state index in [1.807, 2.05) is 13.0 Å². The number of fused-ring (bicyclic) bond motifs is 1. The van der Waals surface area contributed by atoms with Crippen LogP contribution in [0.3, 0.4) is 0 Å². The predicted molar refractivity (Wildman–Crippen MR) is 95.6 cm³/mol. The molecule has 4 heterocycles. The van der Waals surface area contributed by atoms with Crippen LogP contribution in [-0.2, 0) is 6.54 Å². The van der Waals surface area contributed by atoms with E-state index in [9.17, 15) is 4.79 Å². The second kappa shape index (κ2) is 6.32. The molecular weight excluding hydrogens is 322 g/mol. The van der Waals surface area contributed by atoms with Crippen molar-refractivity contribution in [2.24, 2.45) is 5.92 Å². The van der Waals surface area contributed by atoms with Crippen LogP contribution in [0.2, 0.25) is 0 Å². The summed E-state index contributed by atoms with van der Waals surface area (Å²) in [6.45, 7) is 4.49. The lowest BCUT2D eigenvalue weighted by atomic mass is 9.96. The van der Waals surface area contributed by atoms with Crippen molar-refractivity contribution in [3.63, 3.8) is 0 Å². The molecule has 6 nitrogen and oxygen atoms in total. The van der Waals surface area contributed by atoms with Crippen molar-refractivity contribution >= 4 is 27.4 Å². The van der Waals surface area contributed by atoms with E-state index in [-0.39, 0.29) is 5.56 Å². The Kier molecular flexibility index (Phi) is 4.02. The average molecular weight is 341 g/mol. The van der Waals surface area contributed by atoms with Gasteiger partial charge < -0.3 is 4.90 Å². The summed E-state index contributed by atoms with van der Waals surface area (Å²) in [6.07, 6.45) is 7.03. The van der Waals surface area contributed by atoms with Gasteiger partial charge in [0.2, 0.25) is 0 Å². The second-order valence-corrected chi connectivity index (χ2v) is 7.21. The monoisotopic (exact) mass is 341 g/mol. The molecule has 0 aromatic carbocycles. The number of hydrogen-bond donors (Lipinski definition) is 0. The van der Waals surface area contributed by atoms with Gasteiger partial charge in [0.1, 0.15) is 12.1 Å². The molecule has 0 bridgehead atoms. The van der Waals surface area contributed by atoms with Crippen molar-refractivity contribution in [3.05, 3.63) is 46.2 Å². The van der Waals surface area contributed by atoms with Gasteiger partial charge in [-0.2, -0.15) is 0 Å². The van der Waals surface area contributed by atoms with Gasteiger partial charge in [0.15, 0.2) is 0 Å². The highest BCUT2D eigenvalue weighted by molar-refractivity contribution is 7.17. The van der Waals surface area contributed by atoms with Gasteiger partial charge in [-0.05, 0) is 37.1 Å². The van der Waals surface area contributed by atoms with Gasteiger partial charge in [0.05, 0.1) is 16.5 Å². The van der Waals surface area contributed by atoms with Crippen molar-refractivity contribution in [2.75, 3.05) is 18.0 Å². The van der Waals surface area contributed by atoms with Gasteiger partial charge in [0, 0.05) is 31.4 Å². The second-order valence-electron chi connectivity index (χ2n) is 6.30. The van der Waals surface area contributed by atoms with E-state index in [0.717, 1.165) is 48.5 Å². The number of nitrogens with zero attached hydrogens (tertiary/aromatic N) is 5. The van der Waals surface area contributed by atoms with Gasteiger partial charge in [0.25, 0.3) is 5.56 Å². The van der Waals surface area contributed by atoms with Crippen molar-refractivity contribution in [3.8, 4) is 0 Å². The molecule has 0 aliphatic carbocycles. The van der Waals surface area contributed by atoms with Gasteiger partial charge in [-0.3, -0.25) is 9.36 Å². The molecule has 24 heavy (non-hydrogen) atoms. The first kappa shape index (κ1) is 15.3. The van der Waals surface area contributed by atoms with Crippen LogP contribution in [-0.4, -0.2) is 32.6 Å². The van der Waals surface area contributed by atoms with Crippen LogP contribution < -0.4 is 10.5 Å². The smallest absolute Gasteiger partial charge is 0.256 e. The normalized spacial score (nSPS) is 16.0. The summed E-state index contributed by atoms with van der Waals surface area (Å²) in [6, 6.07) is 2.04. The maximum atomic E-state index is 12.1. The molecule has 3 aromatic heterocycles. The summed E-state index contributed by atoms with van der Waals surface area (Å²) < 4.78 is 2.91. The third-order valence-corrected chi connectivity index (χ3v) is 5.57. The lowest BCUT2D eigenvalue weighted by molar-refractivity contribution is 0.350. The van der Waals surface area contributed by atoms with E-state index >= 15 is 0 Å². The Morgan fingerprint density at radius 2 is 2.12 bits per heavy atom. The zero-order valence-corrected chi connectivity index (χ0v) is 14.4. The number of anilines is 1. The van der Waals surface area contributed by atoms with E-state index in [1.54, 1.807) is 34.8 Å².